The molecule has 3 N–H and O–H groups in total. The monoisotopic (exact) mass is 505 g/mol. The second-order valence-corrected chi connectivity index (χ2v) is 8.21. The van der Waals surface area contributed by atoms with Crippen molar-refractivity contribution in [3.63, 3.8) is 0 Å². The molecule has 4 aromatic rings. The van der Waals surface area contributed by atoms with Crippen molar-refractivity contribution in [1.29, 1.82) is 0 Å². The van der Waals surface area contributed by atoms with E-state index >= 15 is 0 Å². The molecule has 0 aliphatic carbocycles. The minimum atomic E-state index is -4.57. The first-order chi connectivity index (χ1) is 17.7. The van der Waals surface area contributed by atoms with E-state index in [4.69, 9.17) is 0 Å². The van der Waals surface area contributed by atoms with Crippen LogP contribution in [0.4, 0.5) is 23.7 Å². The van der Waals surface area contributed by atoms with Crippen LogP contribution in [0.25, 0.3) is 11.1 Å². The van der Waals surface area contributed by atoms with Crippen molar-refractivity contribution in [1.82, 2.24) is 10.3 Å². The molecule has 188 valence electrons. The minimum absolute atomic E-state index is 0.0426. The van der Waals surface area contributed by atoms with E-state index in [1.807, 2.05) is 36.4 Å². The molecule has 1 atom stereocenters. The number of anilines is 1. The number of halogens is 3. The van der Waals surface area contributed by atoms with Gasteiger partial charge in [-0.3, -0.25) is 9.78 Å². The summed E-state index contributed by atoms with van der Waals surface area (Å²) in [6.07, 6.45) is -3.91. The quantitative estimate of drug-likeness (QED) is 0.280. The van der Waals surface area contributed by atoms with E-state index in [-0.39, 0.29) is 5.56 Å². The van der Waals surface area contributed by atoms with Gasteiger partial charge in [0.1, 0.15) is 6.04 Å². The van der Waals surface area contributed by atoms with Crippen LogP contribution in [0.15, 0.2) is 103 Å². The number of nitrogens with zero attached hydrogens (tertiary/aromatic N) is 1. The van der Waals surface area contributed by atoms with Crippen LogP contribution in [0.1, 0.15) is 22.6 Å². The Hall–Kier alpha value is -4.66. The molecule has 1 unspecified atom stereocenters. The number of hydrogen-bond acceptors (Lipinski definition) is 3. The first-order valence-corrected chi connectivity index (χ1v) is 11.3. The number of aromatic nitrogens is 1. The van der Waals surface area contributed by atoms with E-state index in [0.717, 1.165) is 17.3 Å². The summed E-state index contributed by atoms with van der Waals surface area (Å²) >= 11 is 0. The number of amides is 2. The lowest BCUT2D eigenvalue weighted by Gasteiger charge is -2.27. The van der Waals surface area contributed by atoms with Crippen LogP contribution in [0.5, 0.6) is 0 Å². The Morgan fingerprint density at radius 1 is 0.811 bits per heavy atom. The third-order valence-electron chi connectivity index (χ3n) is 5.80. The molecule has 0 radical (unpaired) electrons. The van der Waals surface area contributed by atoms with Gasteiger partial charge in [0, 0.05) is 24.0 Å². The third-order valence-corrected chi connectivity index (χ3v) is 5.80. The maximum atomic E-state index is 13.4. The van der Waals surface area contributed by atoms with Crippen LogP contribution in [0.3, 0.4) is 0 Å². The highest BCUT2D eigenvalue weighted by Gasteiger charge is 2.34. The van der Waals surface area contributed by atoms with Gasteiger partial charge in [0.05, 0.1) is 5.56 Å². The lowest BCUT2D eigenvalue weighted by Crippen LogP contribution is -2.47. The predicted molar refractivity (Wildman–Crippen MR) is 133 cm³/mol. The molecule has 1 heterocycles. The Morgan fingerprint density at radius 2 is 1.38 bits per heavy atom. The second-order valence-electron chi connectivity index (χ2n) is 8.21. The molecule has 2 amide bonds. The van der Waals surface area contributed by atoms with Crippen LogP contribution in [-0.4, -0.2) is 28.1 Å². The Bertz CT molecular complexity index is 1320. The van der Waals surface area contributed by atoms with Gasteiger partial charge in [0.15, 0.2) is 0 Å². The van der Waals surface area contributed by atoms with Gasteiger partial charge in [0.25, 0.3) is 0 Å². The highest BCUT2D eigenvalue weighted by atomic mass is 19.4. The zero-order valence-electron chi connectivity index (χ0n) is 19.3. The molecule has 0 bridgehead atoms. The van der Waals surface area contributed by atoms with Crippen LogP contribution in [0, 0.1) is 0 Å². The first kappa shape index (κ1) is 25.4. The number of hydrogen-bond donors (Lipinski definition) is 3. The van der Waals surface area contributed by atoms with Gasteiger partial charge in [-0.05, 0) is 40.5 Å². The van der Waals surface area contributed by atoms with E-state index in [1.54, 1.807) is 24.3 Å². The van der Waals surface area contributed by atoms with Crippen LogP contribution in [-0.2, 0) is 11.0 Å². The predicted octanol–water partition coefficient (Wildman–Crippen LogP) is 6.17. The van der Waals surface area contributed by atoms with Gasteiger partial charge in [-0.15, -0.1) is 0 Å². The summed E-state index contributed by atoms with van der Waals surface area (Å²) < 4.78 is 40.1. The molecular weight excluding hydrogens is 483 g/mol. The summed E-state index contributed by atoms with van der Waals surface area (Å²) in [4.78, 5) is 28.6. The summed E-state index contributed by atoms with van der Waals surface area (Å²) in [6, 6.07) is 24.0. The molecule has 0 aliphatic rings. The zero-order valence-corrected chi connectivity index (χ0v) is 19.3. The van der Waals surface area contributed by atoms with Crippen LogP contribution >= 0.6 is 0 Å². The van der Waals surface area contributed by atoms with Crippen molar-refractivity contribution in [3.8, 4) is 11.1 Å². The van der Waals surface area contributed by atoms with Crippen molar-refractivity contribution in [2.24, 2.45) is 0 Å². The molecule has 0 saturated carbocycles. The third kappa shape index (κ3) is 6.13. The fourth-order valence-electron chi connectivity index (χ4n) is 4.16. The fourth-order valence-corrected chi connectivity index (χ4v) is 4.16. The Balaban J connectivity index is 1.64. The molecule has 0 fully saturated rings. The topological polar surface area (TPSA) is 91.3 Å². The molecule has 9 heteroatoms. The van der Waals surface area contributed by atoms with Gasteiger partial charge in [-0.1, -0.05) is 72.8 Å². The molecule has 0 saturated heterocycles. The summed E-state index contributed by atoms with van der Waals surface area (Å²) in [6.45, 7) is 0. The highest BCUT2D eigenvalue weighted by Crippen LogP contribution is 2.36. The number of rotatable bonds is 7. The number of pyridine rings is 1. The van der Waals surface area contributed by atoms with E-state index in [0.29, 0.717) is 11.3 Å². The van der Waals surface area contributed by atoms with E-state index in [2.05, 4.69) is 15.6 Å². The molecule has 6 nitrogen and oxygen atoms in total. The number of benzene rings is 3. The second kappa shape index (κ2) is 10.9. The van der Waals surface area contributed by atoms with Crippen molar-refractivity contribution < 1.29 is 27.9 Å². The Kier molecular flexibility index (Phi) is 7.52. The summed E-state index contributed by atoms with van der Waals surface area (Å²) in [5.74, 6) is -1.25. The van der Waals surface area contributed by atoms with E-state index in [1.165, 1.54) is 36.5 Å². The number of alkyl halides is 3. The minimum Gasteiger partial charge on any atom is -0.465 e. The average Bonchev–Trinajstić information content (AvgIpc) is 2.89. The average molecular weight is 505 g/mol. The van der Waals surface area contributed by atoms with Gasteiger partial charge in [-0.25, -0.2) is 4.79 Å². The molecule has 0 aliphatic heterocycles. The lowest BCUT2D eigenvalue weighted by molar-refractivity contribution is -0.137. The van der Waals surface area contributed by atoms with Gasteiger partial charge in [0.2, 0.25) is 5.91 Å². The van der Waals surface area contributed by atoms with Gasteiger partial charge in [-0.2, -0.15) is 13.2 Å². The molecule has 0 spiro atoms. The summed E-state index contributed by atoms with van der Waals surface area (Å²) in [7, 11) is 0. The van der Waals surface area contributed by atoms with Crippen LogP contribution < -0.4 is 10.6 Å². The van der Waals surface area contributed by atoms with E-state index in [9.17, 15) is 27.9 Å². The molecule has 4 rings (SSSR count). The Labute approximate surface area is 210 Å². The maximum absolute atomic E-state index is 13.4. The van der Waals surface area contributed by atoms with Gasteiger partial charge >= 0.3 is 12.3 Å². The van der Waals surface area contributed by atoms with E-state index < -0.39 is 35.7 Å². The normalized spacial score (nSPS) is 12.1. The number of nitrogens with one attached hydrogen (secondary N) is 2. The van der Waals surface area contributed by atoms with Crippen molar-refractivity contribution in [2.45, 2.75) is 18.1 Å². The Morgan fingerprint density at radius 3 is 1.89 bits per heavy atom. The zero-order chi connectivity index (χ0) is 26.4. The van der Waals surface area contributed by atoms with Crippen molar-refractivity contribution >= 4 is 17.7 Å². The molecule has 3 aromatic carbocycles. The standard InChI is InChI=1S/C28H22F3N3O3/c29-28(30,31)23-17-32-16-15-22(23)18-11-13-21(14-12-18)33-26(35)25(34-27(36)37)24(19-7-3-1-4-8-19)20-9-5-2-6-10-20/h1-17,24-25,34H,(H,33,35)(H,36,37). The summed E-state index contributed by atoms with van der Waals surface area (Å²) in [5.41, 5.74) is 1.14. The highest BCUT2D eigenvalue weighted by molar-refractivity contribution is 5.97. The first-order valence-electron chi connectivity index (χ1n) is 11.3. The molecular formula is C28H22F3N3O3. The molecule has 1 aromatic heterocycles. The molecule has 37 heavy (non-hydrogen) atoms. The summed E-state index contributed by atoms with van der Waals surface area (Å²) in [5, 5.41) is 14.5. The lowest BCUT2D eigenvalue weighted by atomic mass is 9.84. The SMILES string of the molecule is O=C(O)NC(C(=O)Nc1ccc(-c2ccncc2C(F)(F)F)cc1)C(c1ccccc1)c1ccccc1. The number of carbonyl (C=O) groups excluding carboxylic acids is 1. The number of carboxylic acid groups (broad SMARTS) is 1. The smallest absolute Gasteiger partial charge is 0.418 e. The van der Waals surface area contributed by atoms with Crippen molar-refractivity contribution in [2.75, 3.05) is 5.32 Å². The number of carbonyl (C=O) groups is 2. The maximum Gasteiger partial charge on any atom is 0.418 e. The fraction of sp³-hybridized carbons (Fsp3) is 0.107. The van der Waals surface area contributed by atoms with Crippen LogP contribution in [0.2, 0.25) is 0 Å². The van der Waals surface area contributed by atoms with Gasteiger partial charge < -0.3 is 15.7 Å². The largest absolute Gasteiger partial charge is 0.465 e. The van der Waals surface area contributed by atoms with Crippen molar-refractivity contribution in [3.05, 3.63) is 120 Å².